The second kappa shape index (κ2) is 6.98. The van der Waals surface area contributed by atoms with Gasteiger partial charge in [-0.15, -0.1) is 0 Å². The summed E-state index contributed by atoms with van der Waals surface area (Å²) < 4.78 is 29.8. The number of halogens is 1. The Balaban J connectivity index is 1.78. The average Bonchev–Trinajstić information content (AvgIpc) is 3.31. The number of sulfonamides is 1. The van der Waals surface area contributed by atoms with Crippen molar-refractivity contribution in [3.05, 3.63) is 38.8 Å². The summed E-state index contributed by atoms with van der Waals surface area (Å²) in [5, 5.41) is 9.35. The molecule has 1 aromatic carbocycles. The number of carbonyl (C=O) groups is 1. The molecule has 1 heterocycles. The molecule has 2 aromatic rings. The third-order valence-electron chi connectivity index (χ3n) is 3.77. The molecule has 0 radical (unpaired) electrons. The van der Waals surface area contributed by atoms with Crippen LogP contribution in [0, 0.1) is 4.77 Å². The molecule has 0 atom stereocenters. The summed E-state index contributed by atoms with van der Waals surface area (Å²) in [6.07, 6.45) is 1.68. The van der Waals surface area contributed by atoms with E-state index in [1.807, 2.05) is 0 Å². The highest BCUT2D eigenvalue weighted by Gasteiger charge is 2.28. The summed E-state index contributed by atoms with van der Waals surface area (Å²) in [5.74, 6) is 0.151. The first-order valence-electron chi connectivity index (χ1n) is 7.48. The quantitative estimate of drug-likeness (QED) is 0.585. The minimum atomic E-state index is -3.63. The zero-order valence-corrected chi connectivity index (χ0v) is 16.5. The molecule has 1 saturated carbocycles. The molecule has 11 heteroatoms. The summed E-state index contributed by atoms with van der Waals surface area (Å²) in [7, 11) is -1.89. The lowest BCUT2D eigenvalue weighted by Gasteiger charge is -2.10. The van der Waals surface area contributed by atoms with Gasteiger partial charge in [0.05, 0.1) is 17.0 Å². The lowest BCUT2D eigenvalue weighted by Crippen LogP contribution is -2.27. The monoisotopic (exact) mass is 445 g/mol. The standard InChI is InChI=1S/C14H16BrN5O3S2/c1-20-12(17-18-14(20)24)7-16-13(21)10-6-9(4-5-11(10)15)25(22,23)19-8-2-3-8/h4-6,8,19H,2-3,7H2,1H3,(H,16,21)(H,18,24). The van der Waals surface area contributed by atoms with E-state index in [2.05, 4.69) is 36.2 Å². The molecule has 25 heavy (non-hydrogen) atoms. The third kappa shape index (κ3) is 4.17. The number of benzene rings is 1. The number of nitrogens with zero attached hydrogens (tertiary/aromatic N) is 2. The summed E-state index contributed by atoms with van der Waals surface area (Å²) >= 11 is 8.30. The predicted molar refractivity (Wildman–Crippen MR) is 97.0 cm³/mol. The molecule has 0 spiro atoms. The molecule has 3 N–H and O–H groups in total. The average molecular weight is 446 g/mol. The molecular formula is C14H16BrN5O3S2. The highest BCUT2D eigenvalue weighted by Crippen LogP contribution is 2.25. The van der Waals surface area contributed by atoms with Crippen molar-refractivity contribution in [1.82, 2.24) is 24.8 Å². The number of rotatable bonds is 6. The van der Waals surface area contributed by atoms with Crippen LogP contribution in [-0.4, -0.2) is 35.1 Å². The number of aromatic nitrogens is 3. The van der Waals surface area contributed by atoms with Gasteiger partial charge in [0, 0.05) is 17.6 Å². The molecule has 8 nitrogen and oxygen atoms in total. The second-order valence-corrected chi connectivity index (χ2v) is 8.68. The number of carbonyl (C=O) groups excluding carboxylic acids is 1. The van der Waals surface area contributed by atoms with E-state index in [1.165, 1.54) is 12.1 Å². The molecule has 1 amide bonds. The van der Waals surface area contributed by atoms with Crippen molar-refractivity contribution in [3.8, 4) is 0 Å². The summed E-state index contributed by atoms with van der Waals surface area (Å²) in [6, 6.07) is 4.36. The second-order valence-electron chi connectivity index (χ2n) is 5.72. The minimum absolute atomic E-state index is 0.00169. The van der Waals surface area contributed by atoms with Crippen LogP contribution in [0.3, 0.4) is 0 Å². The normalized spacial score (nSPS) is 14.5. The number of hydrogen-bond donors (Lipinski definition) is 3. The minimum Gasteiger partial charge on any atom is -0.345 e. The summed E-state index contributed by atoms with van der Waals surface area (Å²) in [6.45, 7) is 0.159. The number of amides is 1. The van der Waals surface area contributed by atoms with Gasteiger partial charge in [-0.05, 0) is 59.2 Å². The fraction of sp³-hybridized carbons (Fsp3) is 0.357. The van der Waals surface area contributed by atoms with Gasteiger partial charge in [-0.1, -0.05) is 0 Å². The predicted octanol–water partition coefficient (Wildman–Crippen LogP) is 1.61. The van der Waals surface area contributed by atoms with Crippen molar-refractivity contribution in [3.63, 3.8) is 0 Å². The van der Waals surface area contributed by atoms with Gasteiger partial charge in [-0.25, -0.2) is 13.1 Å². The molecule has 1 aromatic heterocycles. The van der Waals surface area contributed by atoms with Gasteiger partial charge < -0.3 is 9.88 Å². The van der Waals surface area contributed by atoms with Gasteiger partial charge in [0.2, 0.25) is 10.0 Å². The van der Waals surface area contributed by atoms with E-state index in [1.54, 1.807) is 17.7 Å². The molecule has 0 aliphatic heterocycles. The highest BCUT2D eigenvalue weighted by atomic mass is 79.9. The molecule has 1 aliphatic rings. The van der Waals surface area contributed by atoms with E-state index >= 15 is 0 Å². The Bertz CT molecular complexity index is 979. The third-order valence-corrected chi connectivity index (χ3v) is 6.35. The zero-order chi connectivity index (χ0) is 18.2. The molecular weight excluding hydrogens is 430 g/mol. The first kappa shape index (κ1) is 18.2. The number of hydrogen-bond acceptors (Lipinski definition) is 5. The van der Waals surface area contributed by atoms with Crippen molar-refractivity contribution in [2.45, 2.75) is 30.3 Å². The van der Waals surface area contributed by atoms with Crippen LogP contribution in [0.5, 0.6) is 0 Å². The van der Waals surface area contributed by atoms with Gasteiger partial charge in [0.15, 0.2) is 10.6 Å². The molecule has 0 saturated heterocycles. The molecule has 3 rings (SSSR count). The Labute approximate surface area is 158 Å². The van der Waals surface area contributed by atoms with Crippen molar-refractivity contribution in [2.24, 2.45) is 7.05 Å². The van der Waals surface area contributed by atoms with Crippen LogP contribution in [0.2, 0.25) is 0 Å². The van der Waals surface area contributed by atoms with Gasteiger partial charge in [0.1, 0.15) is 0 Å². The Morgan fingerprint density at radius 3 is 2.80 bits per heavy atom. The fourth-order valence-electron chi connectivity index (χ4n) is 2.13. The molecule has 1 fully saturated rings. The smallest absolute Gasteiger partial charge is 0.252 e. The number of aromatic amines is 1. The summed E-state index contributed by atoms with van der Waals surface area (Å²) in [5.41, 5.74) is 0.232. The highest BCUT2D eigenvalue weighted by molar-refractivity contribution is 9.10. The van der Waals surface area contributed by atoms with Crippen LogP contribution in [0.25, 0.3) is 0 Å². The van der Waals surface area contributed by atoms with Crippen LogP contribution in [-0.2, 0) is 23.6 Å². The Kier molecular flexibility index (Phi) is 5.09. The molecule has 1 aliphatic carbocycles. The number of nitrogens with one attached hydrogen (secondary N) is 3. The lowest BCUT2D eigenvalue weighted by atomic mass is 10.2. The van der Waals surface area contributed by atoms with Crippen molar-refractivity contribution >= 4 is 44.1 Å². The maximum absolute atomic E-state index is 12.4. The van der Waals surface area contributed by atoms with Gasteiger partial charge >= 0.3 is 0 Å². The van der Waals surface area contributed by atoms with E-state index < -0.39 is 15.9 Å². The van der Waals surface area contributed by atoms with Crippen LogP contribution in [0.4, 0.5) is 0 Å². The molecule has 0 bridgehead atoms. The Hall–Kier alpha value is -1.56. The largest absolute Gasteiger partial charge is 0.345 e. The van der Waals surface area contributed by atoms with Crippen LogP contribution >= 0.6 is 28.1 Å². The Morgan fingerprint density at radius 1 is 1.48 bits per heavy atom. The van der Waals surface area contributed by atoms with Crippen molar-refractivity contribution < 1.29 is 13.2 Å². The van der Waals surface area contributed by atoms with E-state index in [0.29, 0.717) is 15.1 Å². The lowest BCUT2D eigenvalue weighted by molar-refractivity contribution is 0.0948. The molecule has 134 valence electrons. The first-order valence-corrected chi connectivity index (χ1v) is 10.2. The van der Waals surface area contributed by atoms with E-state index in [0.717, 1.165) is 12.8 Å². The maximum Gasteiger partial charge on any atom is 0.252 e. The zero-order valence-electron chi connectivity index (χ0n) is 13.2. The maximum atomic E-state index is 12.4. The van der Waals surface area contributed by atoms with E-state index in [4.69, 9.17) is 12.2 Å². The SMILES string of the molecule is Cn1c(CNC(=O)c2cc(S(=O)(=O)NC3CC3)ccc2Br)n[nH]c1=S. The van der Waals surface area contributed by atoms with Crippen LogP contribution < -0.4 is 10.0 Å². The van der Waals surface area contributed by atoms with Crippen molar-refractivity contribution in [1.29, 1.82) is 0 Å². The van der Waals surface area contributed by atoms with Crippen molar-refractivity contribution in [2.75, 3.05) is 0 Å². The van der Waals surface area contributed by atoms with Crippen LogP contribution in [0.1, 0.15) is 29.0 Å². The molecule has 0 unspecified atom stereocenters. The van der Waals surface area contributed by atoms with Gasteiger partial charge in [-0.3, -0.25) is 9.89 Å². The van der Waals surface area contributed by atoms with E-state index in [9.17, 15) is 13.2 Å². The van der Waals surface area contributed by atoms with E-state index in [-0.39, 0.29) is 23.0 Å². The summed E-state index contributed by atoms with van der Waals surface area (Å²) in [4.78, 5) is 12.5. The Morgan fingerprint density at radius 2 is 2.20 bits per heavy atom. The van der Waals surface area contributed by atoms with Gasteiger partial charge in [0.25, 0.3) is 5.91 Å². The number of H-pyrrole nitrogens is 1. The first-order chi connectivity index (χ1) is 11.8. The topological polar surface area (TPSA) is 109 Å². The fourth-order valence-corrected chi connectivity index (χ4v) is 4.03. The van der Waals surface area contributed by atoms with Crippen LogP contribution in [0.15, 0.2) is 27.6 Å². The van der Waals surface area contributed by atoms with Gasteiger partial charge in [-0.2, -0.15) is 5.10 Å².